The van der Waals surface area contributed by atoms with Crippen LogP contribution in [0.1, 0.15) is 69.8 Å². The Bertz CT molecular complexity index is 382. The molecule has 1 saturated carbocycles. The molecule has 0 aromatic carbocycles. The van der Waals surface area contributed by atoms with Gasteiger partial charge in [0, 0.05) is 11.6 Å². The Kier molecular flexibility index (Phi) is 4.99. The van der Waals surface area contributed by atoms with Crippen LogP contribution >= 0.6 is 11.6 Å². The maximum atomic E-state index is 6.14. The Balaban J connectivity index is 2.17. The fraction of sp³-hybridized carbons (Fsp3) is 0.733. The van der Waals surface area contributed by atoms with Crippen molar-refractivity contribution in [1.29, 1.82) is 0 Å². The molecule has 0 bridgehead atoms. The van der Waals surface area contributed by atoms with Crippen LogP contribution in [0.15, 0.2) is 6.07 Å². The van der Waals surface area contributed by atoms with Crippen molar-refractivity contribution < 1.29 is 0 Å². The van der Waals surface area contributed by atoms with E-state index >= 15 is 0 Å². The van der Waals surface area contributed by atoms with Crippen molar-refractivity contribution in [2.24, 2.45) is 5.92 Å². The van der Waals surface area contributed by atoms with Crippen LogP contribution in [0.4, 0.5) is 0 Å². The Hall–Kier alpha value is -0.630. The highest BCUT2D eigenvalue weighted by Gasteiger charge is 2.18. The van der Waals surface area contributed by atoms with Crippen LogP contribution in [0.25, 0.3) is 0 Å². The van der Waals surface area contributed by atoms with Crippen LogP contribution in [0.3, 0.4) is 0 Å². The highest BCUT2D eigenvalue weighted by atomic mass is 35.5. The minimum absolute atomic E-state index is 0.525. The summed E-state index contributed by atoms with van der Waals surface area (Å²) in [6, 6.07) is 1.92. The predicted molar refractivity (Wildman–Crippen MR) is 76.0 cm³/mol. The van der Waals surface area contributed by atoms with Gasteiger partial charge in [0.25, 0.3) is 0 Å². The van der Waals surface area contributed by atoms with Crippen molar-refractivity contribution in [3.8, 4) is 0 Å². The molecule has 3 heteroatoms. The van der Waals surface area contributed by atoms with Crippen molar-refractivity contribution in [3.63, 3.8) is 0 Å². The number of rotatable bonds is 3. The van der Waals surface area contributed by atoms with Gasteiger partial charge in [0.05, 0.1) is 0 Å². The molecule has 0 spiro atoms. The second-order valence-corrected chi connectivity index (χ2v) is 6.21. The molecule has 1 heterocycles. The van der Waals surface area contributed by atoms with Gasteiger partial charge in [-0.05, 0) is 31.2 Å². The van der Waals surface area contributed by atoms with E-state index in [1.54, 1.807) is 0 Å². The van der Waals surface area contributed by atoms with E-state index in [1.807, 2.05) is 6.07 Å². The van der Waals surface area contributed by atoms with Gasteiger partial charge in [-0.1, -0.05) is 51.1 Å². The quantitative estimate of drug-likeness (QED) is 0.582. The SMILES string of the molecule is CC(C)Cc1cc(Cl)nc(C2CCCCCC2)n1. The van der Waals surface area contributed by atoms with Gasteiger partial charge in [-0.15, -0.1) is 0 Å². The topological polar surface area (TPSA) is 25.8 Å². The molecule has 0 aliphatic heterocycles. The lowest BCUT2D eigenvalue weighted by atomic mass is 9.99. The first-order valence-corrected chi connectivity index (χ1v) is 7.56. The summed E-state index contributed by atoms with van der Waals surface area (Å²) in [7, 11) is 0. The summed E-state index contributed by atoms with van der Waals surface area (Å²) in [4.78, 5) is 9.20. The van der Waals surface area contributed by atoms with Gasteiger partial charge in [-0.2, -0.15) is 0 Å². The van der Waals surface area contributed by atoms with E-state index in [9.17, 15) is 0 Å². The van der Waals surface area contributed by atoms with Crippen molar-refractivity contribution >= 4 is 11.6 Å². The number of hydrogen-bond donors (Lipinski definition) is 0. The van der Waals surface area contributed by atoms with E-state index in [4.69, 9.17) is 16.6 Å². The molecule has 2 nitrogen and oxygen atoms in total. The summed E-state index contributed by atoms with van der Waals surface area (Å²) >= 11 is 6.14. The van der Waals surface area contributed by atoms with Gasteiger partial charge in [0.15, 0.2) is 0 Å². The zero-order chi connectivity index (χ0) is 13.0. The summed E-state index contributed by atoms with van der Waals surface area (Å²) < 4.78 is 0. The minimum Gasteiger partial charge on any atom is -0.238 e. The third-order valence-corrected chi connectivity index (χ3v) is 3.80. The van der Waals surface area contributed by atoms with E-state index < -0.39 is 0 Å². The first kappa shape index (κ1) is 13.8. The zero-order valence-electron chi connectivity index (χ0n) is 11.5. The number of aromatic nitrogens is 2. The molecule has 100 valence electrons. The summed E-state index contributed by atoms with van der Waals surface area (Å²) in [6.07, 6.45) is 8.76. The van der Waals surface area contributed by atoms with E-state index in [2.05, 4.69) is 18.8 Å². The van der Waals surface area contributed by atoms with Gasteiger partial charge in [0.2, 0.25) is 0 Å². The van der Waals surface area contributed by atoms with E-state index in [0.29, 0.717) is 17.0 Å². The molecule has 1 aliphatic rings. The third kappa shape index (κ3) is 3.94. The molecule has 1 aromatic heterocycles. The fourth-order valence-corrected chi connectivity index (χ4v) is 2.94. The highest BCUT2D eigenvalue weighted by molar-refractivity contribution is 6.29. The average Bonchev–Trinajstić information content (AvgIpc) is 2.55. The maximum absolute atomic E-state index is 6.14. The first-order chi connectivity index (χ1) is 8.65. The average molecular weight is 267 g/mol. The van der Waals surface area contributed by atoms with Gasteiger partial charge >= 0.3 is 0 Å². The summed E-state index contributed by atoms with van der Waals surface area (Å²) in [5.74, 6) is 2.12. The van der Waals surface area contributed by atoms with Crippen LogP contribution in [0, 0.1) is 5.92 Å². The monoisotopic (exact) mass is 266 g/mol. The van der Waals surface area contributed by atoms with E-state index in [0.717, 1.165) is 17.9 Å². The van der Waals surface area contributed by atoms with Crippen LogP contribution in [0.2, 0.25) is 5.15 Å². The van der Waals surface area contributed by atoms with Crippen molar-refractivity contribution in [3.05, 3.63) is 22.7 Å². The molecule has 1 fully saturated rings. The van der Waals surface area contributed by atoms with Crippen molar-refractivity contribution in [2.75, 3.05) is 0 Å². The largest absolute Gasteiger partial charge is 0.238 e. The summed E-state index contributed by atoms with van der Waals surface area (Å²) in [5, 5.41) is 0.611. The molecule has 0 atom stereocenters. The molecule has 1 aromatic rings. The zero-order valence-corrected chi connectivity index (χ0v) is 12.2. The van der Waals surface area contributed by atoms with Gasteiger partial charge in [-0.3, -0.25) is 0 Å². The molecule has 0 saturated heterocycles. The maximum Gasteiger partial charge on any atom is 0.133 e. The molecule has 18 heavy (non-hydrogen) atoms. The fourth-order valence-electron chi connectivity index (χ4n) is 2.73. The standard InChI is InChI=1S/C15H23ClN2/c1-11(2)9-13-10-14(16)18-15(17-13)12-7-5-3-4-6-8-12/h10-12H,3-9H2,1-2H3. The minimum atomic E-state index is 0.525. The molecular formula is C15H23ClN2. The van der Waals surface area contributed by atoms with E-state index in [-0.39, 0.29) is 0 Å². The van der Waals surface area contributed by atoms with Crippen LogP contribution < -0.4 is 0 Å². The van der Waals surface area contributed by atoms with Crippen LogP contribution in [0.5, 0.6) is 0 Å². The van der Waals surface area contributed by atoms with Crippen molar-refractivity contribution in [2.45, 2.75) is 64.7 Å². The Morgan fingerprint density at radius 1 is 1.17 bits per heavy atom. The molecule has 1 aliphatic carbocycles. The molecular weight excluding hydrogens is 244 g/mol. The molecule has 0 radical (unpaired) electrons. The molecule has 0 N–H and O–H groups in total. The Morgan fingerprint density at radius 2 is 1.83 bits per heavy atom. The number of halogens is 1. The second kappa shape index (κ2) is 6.51. The van der Waals surface area contributed by atoms with E-state index in [1.165, 1.54) is 38.5 Å². The third-order valence-electron chi connectivity index (χ3n) is 3.60. The second-order valence-electron chi connectivity index (χ2n) is 5.83. The van der Waals surface area contributed by atoms with Crippen LogP contribution in [-0.2, 0) is 6.42 Å². The van der Waals surface area contributed by atoms with Crippen LogP contribution in [-0.4, -0.2) is 9.97 Å². The molecule has 0 amide bonds. The van der Waals surface area contributed by atoms with Gasteiger partial charge < -0.3 is 0 Å². The molecule has 0 unspecified atom stereocenters. The highest BCUT2D eigenvalue weighted by Crippen LogP contribution is 2.30. The number of hydrogen-bond acceptors (Lipinski definition) is 2. The Labute approximate surface area is 115 Å². The predicted octanol–water partition coefficient (Wildman–Crippen LogP) is 4.77. The Morgan fingerprint density at radius 3 is 2.44 bits per heavy atom. The number of nitrogens with zero attached hydrogens (tertiary/aromatic N) is 2. The smallest absolute Gasteiger partial charge is 0.133 e. The first-order valence-electron chi connectivity index (χ1n) is 7.18. The lowest BCUT2D eigenvalue weighted by Crippen LogP contribution is -2.08. The van der Waals surface area contributed by atoms with Gasteiger partial charge in [-0.25, -0.2) is 9.97 Å². The lowest BCUT2D eigenvalue weighted by Gasteiger charge is -2.14. The summed E-state index contributed by atoms with van der Waals surface area (Å²) in [6.45, 7) is 4.42. The van der Waals surface area contributed by atoms with Crippen molar-refractivity contribution in [1.82, 2.24) is 9.97 Å². The van der Waals surface area contributed by atoms with Gasteiger partial charge in [0.1, 0.15) is 11.0 Å². The molecule has 2 rings (SSSR count). The lowest BCUT2D eigenvalue weighted by molar-refractivity contribution is 0.551. The summed E-state index contributed by atoms with van der Waals surface area (Å²) in [5.41, 5.74) is 1.10. The normalized spacial score (nSPS) is 18.0.